The van der Waals surface area contributed by atoms with Gasteiger partial charge in [-0.1, -0.05) is 18.2 Å². The number of hydrogen-bond acceptors (Lipinski definition) is 4. The minimum atomic E-state index is -0.819. The topological polar surface area (TPSA) is 72.6 Å². The molecule has 0 aliphatic rings. The summed E-state index contributed by atoms with van der Waals surface area (Å²) in [6, 6.07) is 14.9. The van der Waals surface area contributed by atoms with E-state index in [0.29, 0.717) is 11.3 Å². The number of para-hydroxylation sites is 1. The highest BCUT2D eigenvalue weighted by molar-refractivity contribution is 5.33. The number of nitrogens with zero attached hydrogens (tertiary/aromatic N) is 1. The first kappa shape index (κ1) is 13.0. The normalized spacial score (nSPS) is 11.8. The lowest BCUT2D eigenvalue weighted by Crippen LogP contribution is -2.09. The molecule has 0 heterocycles. The Kier molecular flexibility index (Phi) is 4.10. The van der Waals surface area contributed by atoms with Gasteiger partial charge in [0.1, 0.15) is 18.5 Å². The van der Waals surface area contributed by atoms with Gasteiger partial charge in [0.2, 0.25) is 0 Å². The summed E-state index contributed by atoms with van der Waals surface area (Å²) in [6.07, 6.45) is -0.819. The van der Waals surface area contributed by atoms with Crippen LogP contribution in [0.5, 0.6) is 5.75 Å². The molecule has 0 unspecified atom stereocenters. The molecule has 5 nitrogen and oxygen atoms in total. The van der Waals surface area contributed by atoms with Crippen LogP contribution in [0.3, 0.4) is 0 Å². The minimum Gasteiger partial charge on any atom is -0.491 e. The monoisotopic (exact) mass is 259 g/mol. The maximum Gasteiger partial charge on any atom is 0.269 e. The van der Waals surface area contributed by atoms with Gasteiger partial charge in [0, 0.05) is 12.1 Å². The Balaban J connectivity index is 1.96. The predicted molar refractivity (Wildman–Crippen MR) is 70.0 cm³/mol. The summed E-state index contributed by atoms with van der Waals surface area (Å²) in [6.45, 7) is 0.0990. The van der Waals surface area contributed by atoms with E-state index in [1.165, 1.54) is 24.3 Å². The summed E-state index contributed by atoms with van der Waals surface area (Å²) in [7, 11) is 0. The fourth-order valence-electron chi connectivity index (χ4n) is 1.61. The SMILES string of the molecule is O=[N+]([O-])c1ccc([C@H](O)COc2ccccc2)cc1. The molecular formula is C14H13NO4. The molecule has 1 N–H and O–H groups in total. The van der Waals surface area contributed by atoms with Crippen molar-refractivity contribution in [1.29, 1.82) is 0 Å². The van der Waals surface area contributed by atoms with Crippen LogP contribution in [0.15, 0.2) is 54.6 Å². The second kappa shape index (κ2) is 5.97. The van der Waals surface area contributed by atoms with Crippen molar-refractivity contribution in [2.75, 3.05) is 6.61 Å². The zero-order valence-corrected chi connectivity index (χ0v) is 10.1. The Bertz CT molecular complexity index is 539. The summed E-state index contributed by atoms with van der Waals surface area (Å²) in [5, 5.41) is 20.4. The molecule has 0 radical (unpaired) electrons. The van der Waals surface area contributed by atoms with Crippen molar-refractivity contribution >= 4 is 5.69 Å². The Morgan fingerprint density at radius 3 is 2.32 bits per heavy atom. The van der Waals surface area contributed by atoms with E-state index in [-0.39, 0.29) is 12.3 Å². The van der Waals surface area contributed by atoms with E-state index in [2.05, 4.69) is 0 Å². The summed E-state index contributed by atoms with van der Waals surface area (Å²) < 4.78 is 5.42. The van der Waals surface area contributed by atoms with E-state index in [1.54, 1.807) is 12.1 Å². The first-order chi connectivity index (χ1) is 9.16. The van der Waals surface area contributed by atoms with Crippen molar-refractivity contribution in [2.45, 2.75) is 6.10 Å². The summed E-state index contributed by atoms with van der Waals surface area (Å²) >= 11 is 0. The largest absolute Gasteiger partial charge is 0.491 e. The third-order valence-corrected chi connectivity index (χ3v) is 2.64. The molecule has 0 amide bonds. The van der Waals surface area contributed by atoms with Crippen molar-refractivity contribution in [3.63, 3.8) is 0 Å². The zero-order valence-electron chi connectivity index (χ0n) is 10.1. The lowest BCUT2D eigenvalue weighted by Gasteiger charge is -2.12. The van der Waals surface area contributed by atoms with Crippen molar-refractivity contribution in [2.24, 2.45) is 0 Å². The molecule has 2 aromatic carbocycles. The first-order valence-corrected chi connectivity index (χ1v) is 5.77. The number of ether oxygens (including phenoxy) is 1. The second-order valence-corrected chi connectivity index (χ2v) is 3.99. The van der Waals surface area contributed by atoms with Gasteiger partial charge in [-0.3, -0.25) is 10.1 Å². The highest BCUT2D eigenvalue weighted by Crippen LogP contribution is 2.19. The standard InChI is InChI=1S/C14H13NO4/c16-14(10-19-13-4-2-1-3-5-13)11-6-8-12(9-7-11)15(17)18/h1-9,14,16H,10H2/t14-/m1/s1. The minimum absolute atomic E-state index is 0.0000669. The molecule has 19 heavy (non-hydrogen) atoms. The molecule has 5 heteroatoms. The molecule has 0 saturated heterocycles. The van der Waals surface area contributed by atoms with Crippen molar-refractivity contribution in [3.8, 4) is 5.75 Å². The van der Waals surface area contributed by atoms with E-state index in [1.807, 2.05) is 18.2 Å². The summed E-state index contributed by atoms with van der Waals surface area (Å²) in [5.41, 5.74) is 0.585. The Hall–Kier alpha value is -2.40. The van der Waals surface area contributed by atoms with Crippen LogP contribution in [-0.4, -0.2) is 16.6 Å². The van der Waals surface area contributed by atoms with E-state index in [9.17, 15) is 15.2 Å². The molecule has 1 atom stereocenters. The first-order valence-electron chi connectivity index (χ1n) is 5.77. The molecular weight excluding hydrogens is 246 g/mol. The summed E-state index contributed by atoms with van der Waals surface area (Å²) in [5.74, 6) is 0.670. The van der Waals surface area contributed by atoms with Crippen LogP contribution in [0.1, 0.15) is 11.7 Å². The fourth-order valence-corrected chi connectivity index (χ4v) is 1.61. The maximum absolute atomic E-state index is 10.5. The molecule has 0 aliphatic carbocycles. The number of rotatable bonds is 5. The van der Waals surface area contributed by atoms with Gasteiger partial charge in [-0.2, -0.15) is 0 Å². The number of hydrogen-bond donors (Lipinski definition) is 1. The molecule has 0 spiro atoms. The highest BCUT2D eigenvalue weighted by atomic mass is 16.6. The third kappa shape index (κ3) is 3.53. The predicted octanol–water partition coefficient (Wildman–Crippen LogP) is 2.71. The van der Waals surface area contributed by atoms with Crippen molar-refractivity contribution < 1.29 is 14.8 Å². The molecule has 0 fully saturated rings. The van der Waals surface area contributed by atoms with Gasteiger partial charge in [-0.05, 0) is 29.8 Å². The molecule has 2 rings (SSSR count). The lowest BCUT2D eigenvalue weighted by atomic mass is 10.1. The molecule has 2 aromatic rings. The van der Waals surface area contributed by atoms with Gasteiger partial charge >= 0.3 is 0 Å². The molecule has 0 aromatic heterocycles. The van der Waals surface area contributed by atoms with Crippen LogP contribution < -0.4 is 4.74 Å². The van der Waals surface area contributed by atoms with Crippen LogP contribution in [0.25, 0.3) is 0 Å². The Labute approximate surface area is 110 Å². The van der Waals surface area contributed by atoms with Gasteiger partial charge in [-0.25, -0.2) is 0 Å². The number of non-ortho nitro benzene ring substituents is 1. The molecule has 0 bridgehead atoms. The summed E-state index contributed by atoms with van der Waals surface area (Å²) in [4.78, 5) is 10.0. The zero-order chi connectivity index (χ0) is 13.7. The number of nitro benzene ring substituents is 1. The smallest absolute Gasteiger partial charge is 0.269 e. The number of aliphatic hydroxyl groups excluding tert-OH is 1. The average Bonchev–Trinajstić information content (AvgIpc) is 2.46. The molecule has 0 saturated carbocycles. The van der Waals surface area contributed by atoms with E-state index in [0.717, 1.165) is 0 Å². The van der Waals surface area contributed by atoms with Crippen LogP contribution >= 0.6 is 0 Å². The van der Waals surface area contributed by atoms with Gasteiger partial charge in [0.15, 0.2) is 0 Å². The lowest BCUT2D eigenvalue weighted by molar-refractivity contribution is -0.384. The van der Waals surface area contributed by atoms with E-state index in [4.69, 9.17) is 4.74 Å². The maximum atomic E-state index is 10.5. The number of aliphatic hydroxyl groups is 1. The Morgan fingerprint density at radius 1 is 1.11 bits per heavy atom. The van der Waals surface area contributed by atoms with Gasteiger partial charge in [-0.15, -0.1) is 0 Å². The van der Waals surface area contributed by atoms with E-state index >= 15 is 0 Å². The molecule has 0 aliphatic heterocycles. The number of nitro groups is 1. The third-order valence-electron chi connectivity index (χ3n) is 2.64. The number of benzene rings is 2. The van der Waals surface area contributed by atoms with Crippen LogP contribution in [-0.2, 0) is 0 Å². The van der Waals surface area contributed by atoms with Crippen LogP contribution in [0, 0.1) is 10.1 Å². The van der Waals surface area contributed by atoms with Gasteiger partial charge in [0.05, 0.1) is 4.92 Å². The Morgan fingerprint density at radius 2 is 1.74 bits per heavy atom. The van der Waals surface area contributed by atoms with Crippen LogP contribution in [0.4, 0.5) is 5.69 Å². The van der Waals surface area contributed by atoms with Crippen LogP contribution in [0.2, 0.25) is 0 Å². The van der Waals surface area contributed by atoms with Gasteiger partial charge in [0.25, 0.3) is 5.69 Å². The van der Waals surface area contributed by atoms with Gasteiger partial charge < -0.3 is 9.84 Å². The highest BCUT2D eigenvalue weighted by Gasteiger charge is 2.11. The second-order valence-electron chi connectivity index (χ2n) is 3.99. The fraction of sp³-hybridized carbons (Fsp3) is 0.143. The van der Waals surface area contributed by atoms with Crippen molar-refractivity contribution in [3.05, 3.63) is 70.3 Å². The quantitative estimate of drug-likeness (QED) is 0.661. The molecule has 98 valence electrons. The van der Waals surface area contributed by atoms with Crippen molar-refractivity contribution in [1.82, 2.24) is 0 Å². The van der Waals surface area contributed by atoms with E-state index < -0.39 is 11.0 Å². The average molecular weight is 259 g/mol.